The minimum absolute atomic E-state index is 0.424. The Balaban J connectivity index is 3.22. The second-order valence-electron chi connectivity index (χ2n) is 4.74. The first-order valence-electron chi connectivity index (χ1n) is 5.35. The second kappa shape index (κ2) is 5.08. The molecule has 0 aliphatic carbocycles. The average Bonchev–Trinajstić information content (AvgIpc) is 2.23. The van der Waals surface area contributed by atoms with Crippen LogP contribution in [-0.4, -0.2) is 18.2 Å². The summed E-state index contributed by atoms with van der Waals surface area (Å²) in [5, 5.41) is 9.17. The van der Waals surface area contributed by atoms with E-state index in [1.165, 1.54) is 0 Å². The first-order valence-corrected chi connectivity index (χ1v) is 6.14. The van der Waals surface area contributed by atoms with Crippen molar-refractivity contribution >= 4 is 21.9 Å². The number of carboxylic acids is 1. The fourth-order valence-corrected chi connectivity index (χ4v) is 2.14. The van der Waals surface area contributed by atoms with Crippen LogP contribution >= 0.6 is 15.9 Å². The number of aryl methyl sites for hydroxylation is 1. The van der Waals surface area contributed by atoms with E-state index < -0.39 is 11.4 Å². The van der Waals surface area contributed by atoms with Gasteiger partial charge in [0.15, 0.2) is 0 Å². The van der Waals surface area contributed by atoms with E-state index in [4.69, 9.17) is 4.74 Å². The quantitative estimate of drug-likeness (QED) is 0.927. The van der Waals surface area contributed by atoms with E-state index >= 15 is 0 Å². The highest BCUT2D eigenvalue weighted by atomic mass is 79.9. The first-order chi connectivity index (χ1) is 7.79. The van der Waals surface area contributed by atoms with Gasteiger partial charge in [0.1, 0.15) is 5.75 Å². The van der Waals surface area contributed by atoms with E-state index in [9.17, 15) is 9.90 Å². The van der Waals surface area contributed by atoms with Crippen LogP contribution in [0.5, 0.6) is 5.75 Å². The molecule has 4 heteroatoms. The van der Waals surface area contributed by atoms with Gasteiger partial charge in [-0.05, 0) is 38.8 Å². The van der Waals surface area contributed by atoms with E-state index in [0.717, 1.165) is 21.3 Å². The molecule has 0 aromatic heterocycles. The summed E-state index contributed by atoms with van der Waals surface area (Å²) in [6.07, 6.45) is 0.424. The molecule has 0 saturated heterocycles. The standard InChI is InChI=1S/C13H17BrO3/c1-8-5-6-10(14)9(11(8)17-4)7-13(2,3)12(15)16/h5-6H,7H2,1-4H3,(H,15,16). The fourth-order valence-electron chi connectivity index (χ4n) is 1.69. The Morgan fingerprint density at radius 3 is 2.53 bits per heavy atom. The van der Waals surface area contributed by atoms with Crippen molar-refractivity contribution in [3.05, 3.63) is 27.7 Å². The maximum absolute atomic E-state index is 11.2. The number of hydrogen-bond acceptors (Lipinski definition) is 2. The summed E-state index contributed by atoms with van der Waals surface area (Å²) in [6, 6.07) is 3.87. The third kappa shape index (κ3) is 3.00. The Hall–Kier alpha value is -1.03. The van der Waals surface area contributed by atoms with Crippen LogP contribution in [0.25, 0.3) is 0 Å². The van der Waals surface area contributed by atoms with Gasteiger partial charge < -0.3 is 9.84 Å². The van der Waals surface area contributed by atoms with Crippen molar-refractivity contribution in [2.24, 2.45) is 5.41 Å². The molecule has 0 fully saturated rings. The van der Waals surface area contributed by atoms with Crippen LogP contribution in [0, 0.1) is 12.3 Å². The Kier molecular flexibility index (Phi) is 4.20. The van der Waals surface area contributed by atoms with Crippen molar-refractivity contribution < 1.29 is 14.6 Å². The van der Waals surface area contributed by atoms with Crippen molar-refractivity contribution in [1.29, 1.82) is 0 Å². The topological polar surface area (TPSA) is 46.5 Å². The minimum atomic E-state index is -0.816. The molecule has 0 unspecified atom stereocenters. The Bertz CT molecular complexity index is 439. The summed E-state index contributed by atoms with van der Waals surface area (Å²) in [7, 11) is 1.60. The Morgan fingerprint density at radius 2 is 2.06 bits per heavy atom. The van der Waals surface area contributed by atoms with Crippen LogP contribution in [0.1, 0.15) is 25.0 Å². The largest absolute Gasteiger partial charge is 0.496 e. The number of rotatable bonds is 4. The molecule has 94 valence electrons. The van der Waals surface area contributed by atoms with E-state index in [1.54, 1.807) is 21.0 Å². The lowest BCUT2D eigenvalue weighted by Gasteiger charge is -2.22. The molecule has 0 spiro atoms. The van der Waals surface area contributed by atoms with Gasteiger partial charge in [-0.3, -0.25) is 4.79 Å². The molecule has 0 aliphatic heterocycles. The molecule has 1 aromatic rings. The number of ether oxygens (including phenoxy) is 1. The van der Waals surface area contributed by atoms with Gasteiger partial charge in [-0.2, -0.15) is 0 Å². The molecule has 0 bridgehead atoms. The number of hydrogen-bond donors (Lipinski definition) is 1. The van der Waals surface area contributed by atoms with E-state index in [2.05, 4.69) is 15.9 Å². The van der Waals surface area contributed by atoms with Gasteiger partial charge in [0.2, 0.25) is 0 Å². The lowest BCUT2D eigenvalue weighted by atomic mass is 9.85. The van der Waals surface area contributed by atoms with Crippen LogP contribution in [0.4, 0.5) is 0 Å². The van der Waals surface area contributed by atoms with Crippen molar-refractivity contribution in [1.82, 2.24) is 0 Å². The molecule has 1 rings (SSSR count). The van der Waals surface area contributed by atoms with E-state index in [0.29, 0.717) is 6.42 Å². The van der Waals surface area contributed by atoms with Crippen molar-refractivity contribution in [3.8, 4) is 5.75 Å². The molecule has 0 radical (unpaired) electrons. The highest BCUT2D eigenvalue weighted by molar-refractivity contribution is 9.10. The van der Waals surface area contributed by atoms with E-state index in [-0.39, 0.29) is 0 Å². The highest BCUT2D eigenvalue weighted by Crippen LogP contribution is 2.35. The summed E-state index contributed by atoms with van der Waals surface area (Å²) < 4.78 is 6.24. The lowest BCUT2D eigenvalue weighted by molar-refractivity contribution is -0.146. The van der Waals surface area contributed by atoms with Crippen LogP contribution in [0.15, 0.2) is 16.6 Å². The highest BCUT2D eigenvalue weighted by Gasteiger charge is 2.30. The average molecular weight is 301 g/mol. The zero-order valence-electron chi connectivity index (χ0n) is 10.5. The molecular weight excluding hydrogens is 284 g/mol. The van der Waals surface area contributed by atoms with Crippen molar-refractivity contribution in [2.75, 3.05) is 7.11 Å². The number of aliphatic carboxylic acids is 1. The van der Waals surface area contributed by atoms with Crippen LogP contribution in [0.3, 0.4) is 0 Å². The van der Waals surface area contributed by atoms with Gasteiger partial charge in [0, 0.05) is 10.0 Å². The monoisotopic (exact) mass is 300 g/mol. The number of benzene rings is 1. The van der Waals surface area contributed by atoms with Crippen molar-refractivity contribution in [2.45, 2.75) is 27.2 Å². The second-order valence-corrected chi connectivity index (χ2v) is 5.60. The van der Waals surface area contributed by atoms with Crippen molar-refractivity contribution in [3.63, 3.8) is 0 Å². The maximum Gasteiger partial charge on any atom is 0.309 e. The van der Waals surface area contributed by atoms with Gasteiger partial charge >= 0.3 is 5.97 Å². The van der Waals surface area contributed by atoms with Gasteiger partial charge in [-0.1, -0.05) is 22.0 Å². The summed E-state index contributed by atoms with van der Waals surface area (Å²) in [4.78, 5) is 11.2. The third-order valence-corrected chi connectivity index (χ3v) is 3.54. The lowest BCUT2D eigenvalue weighted by Crippen LogP contribution is -2.26. The van der Waals surface area contributed by atoms with Gasteiger partial charge in [0.05, 0.1) is 12.5 Å². The zero-order chi connectivity index (χ0) is 13.2. The number of halogens is 1. The molecule has 1 aromatic carbocycles. The number of methoxy groups -OCH3 is 1. The van der Waals surface area contributed by atoms with Gasteiger partial charge in [-0.25, -0.2) is 0 Å². The Labute approximate surface area is 110 Å². The molecule has 0 aliphatic rings. The summed E-state index contributed by atoms with van der Waals surface area (Å²) in [5.74, 6) is -0.0540. The molecule has 0 atom stereocenters. The number of carbonyl (C=O) groups is 1. The zero-order valence-corrected chi connectivity index (χ0v) is 12.1. The molecule has 0 heterocycles. The molecule has 0 amide bonds. The molecule has 1 N–H and O–H groups in total. The predicted molar refractivity (Wildman–Crippen MR) is 70.6 cm³/mol. The van der Waals surface area contributed by atoms with Gasteiger partial charge in [-0.15, -0.1) is 0 Å². The fraction of sp³-hybridized carbons (Fsp3) is 0.462. The summed E-state index contributed by atoms with van der Waals surface area (Å²) in [5.41, 5.74) is 1.09. The van der Waals surface area contributed by atoms with Crippen LogP contribution in [0.2, 0.25) is 0 Å². The van der Waals surface area contributed by atoms with E-state index in [1.807, 2.05) is 19.1 Å². The molecule has 17 heavy (non-hydrogen) atoms. The number of carboxylic acid groups (broad SMARTS) is 1. The SMILES string of the molecule is COc1c(C)ccc(Br)c1CC(C)(C)C(=O)O. The van der Waals surface area contributed by atoms with Crippen LogP contribution < -0.4 is 4.74 Å². The molecule has 3 nitrogen and oxygen atoms in total. The molecular formula is C13H17BrO3. The van der Waals surface area contributed by atoms with Crippen LogP contribution in [-0.2, 0) is 11.2 Å². The Morgan fingerprint density at radius 1 is 1.47 bits per heavy atom. The third-order valence-electron chi connectivity index (χ3n) is 2.80. The maximum atomic E-state index is 11.2. The first kappa shape index (κ1) is 14.0. The molecule has 0 saturated carbocycles. The minimum Gasteiger partial charge on any atom is -0.496 e. The van der Waals surface area contributed by atoms with Gasteiger partial charge in [0.25, 0.3) is 0 Å². The summed E-state index contributed by atoms with van der Waals surface area (Å²) >= 11 is 3.45. The summed E-state index contributed by atoms with van der Waals surface area (Å²) in [6.45, 7) is 5.37. The smallest absolute Gasteiger partial charge is 0.309 e. The predicted octanol–water partition coefficient (Wildman–Crippen LogP) is 3.42. The normalized spacial score (nSPS) is 11.4.